The van der Waals surface area contributed by atoms with Gasteiger partial charge in [0.2, 0.25) is 11.7 Å². The molecule has 6 nitrogen and oxygen atoms in total. The maximum Gasteiger partial charge on any atom is 0.320 e. The summed E-state index contributed by atoms with van der Waals surface area (Å²) in [6.07, 6.45) is 2.11. The van der Waals surface area contributed by atoms with Gasteiger partial charge in [-0.2, -0.15) is 4.98 Å². The van der Waals surface area contributed by atoms with Gasteiger partial charge in [-0.05, 0) is 37.0 Å². The number of aromatic nitrogens is 2. The lowest BCUT2D eigenvalue weighted by atomic mass is 10.0. The van der Waals surface area contributed by atoms with Crippen LogP contribution in [0.15, 0.2) is 22.7 Å². The van der Waals surface area contributed by atoms with Gasteiger partial charge >= 0.3 is 5.97 Å². The quantitative estimate of drug-likeness (QED) is 0.869. The third-order valence-corrected chi connectivity index (χ3v) is 3.42. The first-order valence-corrected chi connectivity index (χ1v) is 6.65. The van der Waals surface area contributed by atoms with Crippen LogP contribution in [-0.4, -0.2) is 27.3 Å². The molecule has 0 aliphatic heterocycles. The lowest BCUT2D eigenvalue weighted by molar-refractivity contribution is -0.138. The Balaban J connectivity index is 1.81. The van der Waals surface area contributed by atoms with Gasteiger partial charge in [-0.15, -0.1) is 0 Å². The van der Waals surface area contributed by atoms with E-state index >= 15 is 0 Å². The second-order valence-corrected chi connectivity index (χ2v) is 5.19. The molecule has 0 saturated heterocycles. The maximum atomic E-state index is 14.1. The molecule has 1 unspecified atom stereocenters. The van der Waals surface area contributed by atoms with Crippen molar-refractivity contribution in [2.75, 3.05) is 0 Å². The normalized spacial score (nSPS) is 15.9. The molecule has 1 aromatic carbocycles. The molecule has 0 amide bonds. The summed E-state index contributed by atoms with van der Waals surface area (Å²) in [6, 6.07) is 3.34. The molecule has 3 N–H and O–H groups in total. The second kappa shape index (κ2) is 5.25. The molecule has 21 heavy (non-hydrogen) atoms. The third-order valence-electron chi connectivity index (χ3n) is 3.42. The summed E-state index contributed by atoms with van der Waals surface area (Å²) < 4.78 is 19.2. The van der Waals surface area contributed by atoms with Gasteiger partial charge in [0.15, 0.2) is 0 Å². The Bertz CT molecular complexity index is 682. The molecule has 0 spiro atoms. The van der Waals surface area contributed by atoms with Crippen LogP contribution in [0.1, 0.15) is 30.2 Å². The summed E-state index contributed by atoms with van der Waals surface area (Å²) in [5.41, 5.74) is 6.18. The first-order chi connectivity index (χ1) is 10.0. The van der Waals surface area contributed by atoms with Crippen LogP contribution in [0.25, 0.3) is 11.4 Å². The number of aliphatic carboxylic acids is 1. The van der Waals surface area contributed by atoms with Gasteiger partial charge in [-0.1, -0.05) is 11.2 Å². The molecule has 0 radical (unpaired) electrons. The summed E-state index contributed by atoms with van der Waals surface area (Å²) >= 11 is 0. The van der Waals surface area contributed by atoms with E-state index in [-0.39, 0.29) is 17.8 Å². The topological polar surface area (TPSA) is 102 Å². The highest BCUT2D eigenvalue weighted by molar-refractivity contribution is 5.73. The number of nitrogens with two attached hydrogens (primary N) is 1. The van der Waals surface area contributed by atoms with Crippen LogP contribution in [0.4, 0.5) is 4.39 Å². The molecule has 1 aromatic heterocycles. The molecule has 1 heterocycles. The number of hydrogen-bond donors (Lipinski definition) is 2. The number of benzene rings is 1. The van der Waals surface area contributed by atoms with Crippen molar-refractivity contribution in [3.05, 3.63) is 35.5 Å². The zero-order valence-corrected chi connectivity index (χ0v) is 11.1. The van der Waals surface area contributed by atoms with Crippen molar-refractivity contribution in [2.45, 2.75) is 31.2 Å². The first-order valence-electron chi connectivity index (χ1n) is 6.65. The highest BCUT2D eigenvalue weighted by Crippen LogP contribution is 2.39. The fraction of sp³-hybridized carbons (Fsp3) is 0.357. The Hall–Kier alpha value is -2.28. The molecular weight excluding hydrogens is 277 g/mol. The molecule has 0 bridgehead atoms. The Labute approximate surface area is 119 Å². The molecule has 2 aromatic rings. The van der Waals surface area contributed by atoms with E-state index in [4.69, 9.17) is 15.4 Å². The van der Waals surface area contributed by atoms with Gasteiger partial charge in [0.05, 0.1) is 5.56 Å². The molecule has 1 atom stereocenters. The van der Waals surface area contributed by atoms with Crippen molar-refractivity contribution in [1.29, 1.82) is 0 Å². The molecule has 7 heteroatoms. The van der Waals surface area contributed by atoms with Gasteiger partial charge in [-0.25, -0.2) is 4.39 Å². The molecule has 110 valence electrons. The minimum atomic E-state index is -1.12. The number of halogens is 1. The zero-order chi connectivity index (χ0) is 15.0. The fourth-order valence-corrected chi connectivity index (χ4v) is 2.05. The van der Waals surface area contributed by atoms with E-state index < -0.39 is 17.8 Å². The predicted octanol–water partition coefficient (Wildman–Crippen LogP) is 1.71. The van der Waals surface area contributed by atoms with E-state index in [0.717, 1.165) is 12.8 Å². The van der Waals surface area contributed by atoms with Gasteiger partial charge in [0.25, 0.3) is 0 Å². The zero-order valence-electron chi connectivity index (χ0n) is 11.1. The monoisotopic (exact) mass is 291 g/mol. The summed E-state index contributed by atoms with van der Waals surface area (Å²) in [5.74, 6) is -0.577. The third kappa shape index (κ3) is 2.92. The SMILES string of the molecule is NC(Cc1ccc(-c2noc(C3CC3)n2)c(F)c1)C(=O)O. The van der Waals surface area contributed by atoms with Gasteiger partial charge in [0.1, 0.15) is 11.9 Å². The standard InChI is InChI=1S/C14H14FN3O3/c15-10-5-7(6-11(16)14(19)20)1-4-9(10)12-17-13(21-18-12)8-2-3-8/h1,4-5,8,11H,2-3,6,16H2,(H,19,20). The van der Waals surface area contributed by atoms with Gasteiger partial charge in [-0.3, -0.25) is 4.79 Å². The lowest BCUT2D eigenvalue weighted by Gasteiger charge is -2.07. The van der Waals surface area contributed by atoms with Gasteiger partial charge in [0, 0.05) is 5.92 Å². The van der Waals surface area contributed by atoms with E-state index in [9.17, 15) is 9.18 Å². The minimum Gasteiger partial charge on any atom is -0.480 e. The summed E-state index contributed by atoms with van der Waals surface area (Å²) in [6.45, 7) is 0. The lowest BCUT2D eigenvalue weighted by Crippen LogP contribution is -2.32. The number of carboxylic acid groups (broad SMARTS) is 1. The smallest absolute Gasteiger partial charge is 0.320 e. The average molecular weight is 291 g/mol. The van der Waals surface area contributed by atoms with Crippen molar-refractivity contribution < 1.29 is 18.8 Å². The summed E-state index contributed by atoms with van der Waals surface area (Å²) in [4.78, 5) is 14.9. The highest BCUT2D eigenvalue weighted by Gasteiger charge is 2.30. The Morgan fingerprint density at radius 3 is 2.90 bits per heavy atom. The Kier molecular flexibility index (Phi) is 3.42. The van der Waals surface area contributed by atoms with Crippen molar-refractivity contribution in [3.8, 4) is 11.4 Å². The van der Waals surface area contributed by atoms with Gasteiger partial charge < -0.3 is 15.4 Å². The van der Waals surface area contributed by atoms with Crippen molar-refractivity contribution in [2.24, 2.45) is 5.73 Å². The predicted molar refractivity (Wildman–Crippen MR) is 71.0 cm³/mol. The minimum absolute atomic E-state index is 0.0616. The van der Waals surface area contributed by atoms with Crippen LogP contribution >= 0.6 is 0 Å². The van der Waals surface area contributed by atoms with E-state index in [2.05, 4.69) is 10.1 Å². The van der Waals surface area contributed by atoms with Crippen molar-refractivity contribution in [1.82, 2.24) is 10.1 Å². The van der Waals surface area contributed by atoms with E-state index in [1.807, 2.05) is 0 Å². The number of carbonyl (C=O) groups is 1. The number of carboxylic acids is 1. The Morgan fingerprint density at radius 1 is 1.52 bits per heavy atom. The van der Waals surface area contributed by atoms with Crippen LogP contribution in [-0.2, 0) is 11.2 Å². The van der Waals surface area contributed by atoms with Crippen molar-refractivity contribution in [3.63, 3.8) is 0 Å². The number of hydrogen-bond acceptors (Lipinski definition) is 5. The largest absolute Gasteiger partial charge is 0.480 e. The number of rotatable bonds is 5. The van der Waals surface area contributed by atoms with E-state index in [0.29, 0.717) is 17.4 Å². The van der Waals surface area contributed by atoms with Crippen LogP contribution in [0.3, 0.4) is 0 Å². The maximum absolute atomic E-state index is 14.1. The number of nitrogens with zero attached hydrogens (tertiary/aromatic N) is 2. The molecular formula is C14H14FN3O3. The Morgan fingerprint density at radius 2 is 2.29 bits per heavy atom. The molecule has 1 fully saturated rings. The average Bonchev–Trinajstić information content (AvgIpc) is 3.17. The summed E-state index contributed by atoms with van der Waals surface area (Å²) in [5, 5.41) is 12.5. The highest BCUT2D eigenvalue weighted by atomic mass is 19.1. The summed E-state index contributed by atoms with van der Waals surface area (Å²) in [7, 11) is 0. The van der Waals surface area contributed by atoms with Crippen LogP contribution in [0.5, 0.6) is 0 Å². The molecule has 3 rings (SSSR count). The molecule has 1 saturated carbocycles. The second-order valence-electron chi connectivity index (χ2n) is 5.19. The van der Waals surface area contributed by atoms with Crippen LogP contribution < -0.4 is 5.73 Å². The van der Waals surface area contributed by atoms with E-state index in [1.165, 1.54) is 12.1 Å². The molecule has 1 aliphatic carbocycles. The van der Waals surface area contributed by atoms with Crippen LogP contribution in [0.2, 0.25) is 0 Å². The first kappa shape index (κ1) is 13.7. The molecule has 1 aliphatic rings. The van der Waals surface area contributed by atoms with E-state index in [1.54, 1.807) is 6.07 Å². The fourth-order valence-electron chi connectivity index (χ4n) is 2.05. The van der Waals surface area contributed by atoms with Crippen molar-refractivity contribution >= 4 is 5.97 Å². The van der Waals surface area contributed by atoms with Crippen LogP contribution in [0, 0.1) is 5.82 Å².